The molecule has 0 saturated carbocycles. The molecule has 1 aliphatic rings. The van der Waals surface area contributed by atoms with E-state index >= 15 is 0 Å². The van der Waals surface area contributed by atoms with E-state index < -0.39 is 6.43 Å². The maximum absolute atomic E-state index is 13.1. The Balaban J connectivity index is 1.90. The molecule has 1 aromatic rings. The minimum absolute atomic E-state index is 0.159. The maximum Gasteiger partial charge on any atom is 0.251 e. The molecule has 2 N–H and O–H groups in total. The van der Waals surface area contributed by atoms with Gasteiger partial charge >= 0.3 is 0 Å². The molecule has 1 saturated heterocycles. The molecule has 2 rings (SSSR count). The van der Waals surface area contributed by atoms with E-state index in [4.69, 9.17) is 4.74 Å². The molecule has 0 aromatic heterocycles. The number of piperidine rings is 1. The normalized spacial score (nSPS) is 17.9. The van der Waals surface area contributed by atoms with Crippen LogP contribution in [0.3, 0.4) is 0 Å². The topological polar surface area (TPSA) is 48.9 Å². The number of aliphatic imine (C=N–C) groups is 1. The van der Waals surface area contributed by atoms with Gasteiger partial charge in [-0.25, -0.2) is 13.2 Å². The largest absolute Gasteiger partial charge is 0.375 e. The van der Waals surface area contributed by atoms with E-state index in [2.05, 4.69) is 15.6 Å². The summed E-state index contributed by atoms with van der Waals surface area (Å²) in [6, 6.07) is 6.39. The zero-order chi connectivity index (χ0) is 19.6. The van der Waals surface area contributed by atoms with Gasteiger partial charge in [0.2, 0.25) is 0 Å². The number of hydrogen-bond acceptors (Lipinski definition) is 3. The fourth-order valence-corrected chi connectivity index (χ4v) is 3.14. The number of benzene rings is 1. The SMILES string of the molecule is CCNC(=NCC(OC)c1ccc(F)cc1)NC1CCN(CC(F)F)CC1. The van der Waals surface area contributed by atoms with Crippen molar-refractivity contribution >= 4 is 5.96 Å². The molecule has 1 heterocycles. The Labute approximate surface area is 159 Å². The van der Waals surface area contributed by atoms with Gasteiger partial charge in [0.15, 0.2) is 5.96 Å². The molecule has 0 spiro atoms. The van der Waals surface area contributed by atoms with Crippen LogP contribution in [0.25, 0.3) is 0 Å². The number of nitrogens with one attached hydrogen (secondary N) is 2. The second kappa shape index (κ2) is 11.1. The van der Waals surface area contributed by atoms with Crippen molar-refractivity contribution in [2.45, 2.75) is 38.3 Å². The molecule has 27 heavy (non-hydrogen) atoms. The second-order valence-electron chi connectivity index (χ2n) is 6.61. The number of nitrogens with zero attached hydrogens (tertiary/aromatic N) is 2. The van der Waals surface area contributed by atoms with Gasteiger partial charge in [-0.2, -0.15) is 0 Å². The highest BCUT2D eigenvalue weighted by atomic mass is 19.3. The number of rotatable bonds is 8. The van der Waals surface area contributed by atoms with Crippen molar-refractivity contribution < 1.29 is 17.9 Å². The highest BCUT2D eigenvalue weighted by molar-refractivity contribution is 5.80. The summed E-state index contributed by atoms with van der Waals surface area (Å²) in [4.78, 5) is 6.38. The third-order valence-corrected chi connectivity index (χ3v) is 4.61. The van der Waals surface area contributed by atoms with Crippen molar-refractivity contribution in [3.8, 4) is 0 Å². The Bertz CT molecular complexity index is 575. The first-order valence-electron chi connectivity index (χ1n) is 9.35. The Morgan fingerprint density at radius 1 is 1.26 bits per heavy atom. The standard InChI is InChI=1S/C19H29F3N4O/c1-3-23-19(25-16-8-10-26(11-9-16)13-18(21)22)24-12-17(27-2)14-4-6-15(20)7-5-14/h4-7,16-18H,3,8-13H2,1-2H3,(H2,23,24,25). The lowest BCUT2D eigenvalue weighted by Crippen LogP contribution is -2.49. The van der Waals surface area contributed by atoms with Gasteiger partial charge in [-0.3, -0.25) is 9.89 Å². The summed E-state index contributed by atoms with van der Waals surface area (Å²) >= 11 is 0. The van der Waals surface area contributed by atoms with Gasteiger partial charge < -0.3 is 15.4 Å². The quantitative estimate of drug-likeness (QED) is 0.533. The number of alkyl halides is 2. The molecule has 152 valence electrons. The van der Waals surface area contributed by atoms with Gasteiger partial charge in [-0.05, 0) is 37.5 Å². The molecule has 0 aliphatic carbocycles. The molecular weight excluding hydrogens is 357 g/mol. The fraction of sp³-hybridized carbons (Fsp3) is 0.632. The van der Waals surface area contributed by atoms with Crippen LogP contribution in [0.5, 0.6) is 0 Å². The number of hydrogen-bond donors (Lipinski definition) is 2. The predicted octanol–water partition coefficient (Wildman–Crippen LogP) is 2.80. The summed E-state index contributed by atoms with van der Waals surface area (Å²) in [5.41, 5.74) is 0.860. The van der Waals surface area contributed by atoms with E-state index in [-0.39, 0.29) is 24.5 Å². The Morgan fingerprint density at radius 3 is 2.48 bits per heavy atom. The molecule has 1 aromatic carbocycles. The lowest BCUT2D eigenvalue weighted by atomic mass is 10.1. The summed E-state index contributed by atoms with van der Waals surface area (Å²) in [6.45, 7) is 4.23. The molecule has 0 amide bonds. The molecule has 1 unspecified atom stereocenters. The number of ether oxygens (including phenoxy) is 1. The number of halogens is 3. The van der Waals surface area contributed by atoms with Gasteiger partial charge in [0.05, 0.1) is 13.1 Å². The number of methoxy groups -OCH3 is 1. The van der Waals surface area contributed by atoms with E-state index in [0.717, 1.165) is 18.4 Å². The lowest BCUT2D eigenvalue weighted by molar-refractivity contribution is 0.0744. The lowest BCUT2D eigenvalue weighted by Gasteiger charge is -2.32. The molecule has 0 radical (unpaired) electrons. The van der Waals surface area contributed by atoms with Crippen molar-refractivity contribution in [1.29, 1.82) is 0 Å². The average Bonchev–Trinajstić information content (AvgIpc) is 2.65. The van der Waals surface area contributed by atoms with Crippen LogP contribution in [-0.4, -0.2) is 63.2 Å². The summed E-state index contributed by atoms with van der Waals surface area (Å²) in [7, 11) is 1.60. The fourth-order valence-electron chi connectivity index (χ4n) is 3.14. The van der Waals surface area contributed by atoms with Crippen LogP contribution in [0, 0.1) is 5.82 Å². The summed E-state index contributed by atoms with van der Waals surface area (Å²) in [5, 5.41) is 6.58. The Morgan fingerprint density at radius 2 is 1.93 bits per heavy atom. The van der Waals surface area contributed by atoms with Gasteiger partial charge in [-0.15, -0.1) is 0 Å². The van der Waals surface area contributed by atoms with Gasteiger partial charge in [0.25, 0.3) is 6.43 Å². The van der Waals surface area contributed by atoms with Gasteiger partial charge in [0, 0.05) is 32.8 Å². The Hall–Kier alpha value is -1.80. The van der Waals surface area contributed by atoms with E-state index in [1.54, 1.807) is 24.1 Å². The maximum atomic E-state index is 13.1. The molecule has 1 fully saturated rings. The Kier molecular flexibility index (Phi) is 8.87. The van der Waals surface area contributed by atoms with Crippen LogP contribution < -0.4 is 10.6 Å². The van der Waals surface area contributed by atoms with E-state index in [0.29, 0.717) is 32.1 Å². The first-order chi connectivity index (χ1) is 13.0. The van der Waals surface area contributed by atoms with E-state index in [1.807, 2.05) is 6.92 Å². The minimum Gasteiger partial charge on any atom is -0.375 e. The first-order valence-corrected chi connectivity index (χ1v) is 9.35. The van der Waals surface area contributed by atoms with Gasteiger partial charge in [-0.1, -0.05) is 12.1 Å². The van der Waals surface area contributed by atoms with Crippen molar-refractivity contribution in [2.75, 3.05) is 39.8 Å². The van der Waals surface area contributed by atoms with Crippen molar-refractivity contribution in [2.24, 2.45) is 4.99 Å². The van der Waals surface area contributed by atoms with Crippen molar-refractivity contribution in [1.82, 2.24) is 15.5 Å². The third kappa shape index (κ3) is 7.38. The zero-order valence-corrected chi connectivity index (χ0v) is 15.9. The third-order valence-electron chi connectivity index (χ3n) is 4.61. The molecule has 5 nitrogen and oxygen atoms in total. The highest BCUT2D eigenvalue weighted by Gasteiger charge is 2.22. The van der Waals surface area contributed by atoms with E-state index in [9.17, 15) is 13.2 Å². The van der Waals surface area contributed by atoms with Gasteiger partial charge in [0.1, 0.15) is 11.9 Å². The van der Waals surface area contributed by atoms with Crippen LogP contribution in [0.4, 0.5) is 13.2 Å². The van der Waals surface area contributed by atoms with Crippen molar-refractivity contribution in [3.05, 3.63) is 35.6 Å². The van der Waals surface area contributed by atoms with Crippen LogP contribution in [0.2, 0.25) is 0 Å². The smallest absolute Gasteiger partial charge is 0.251 e. The summed E-state index contributed by atoms with van der Waals surface area (Å²) in [6.07, 6.45) is -0.967. The average molecular weight is 386 g/mol. The molecular formula is C19H29F3N4O. The van der Waals surface area contributed by atoms with Crippen LogP contribution in [-0.2, 0) is 4.74 Å². The van der Waals surface area contributed by atoms with Crippen molar-refractivity contribution in [3.63, 3.8) is 0 Å². The van der Waals surface area contributed by atoms with Crippen LogP contribution in [0.15, 0.2) is 29.3 Å². The number of likely N-dealkylation sites (tertiary alicyclic amines) is 1. The van der Waals surface area contributed by atoms with Crippen LogP contribution >= 0.6 is 0 Å². The first kappa shape index (κ1) is 21.5. The molecule has 1 aliphatic heterocycles. The van der Waals surface area contributed by atoms with Crippen LogP contribution in [0.1, 0.15) is 31.4 Å². The highest BCUT2D eigenvalue weighted by Crippen LogP contribution is 2.17. The second-order valence-corrected chi connectivity index (χ2v) is 6.61. The summed E-state index contributed by atoms with van der Waals surface area (Å²) in [5.74, 6) is 0.388. The monoisotopic (exact) mass is 386 g/mol. The zero-order valence-electron chi connectivity index (χ0n) is 15.9. The molecule has 8 heteroatoms. The molecule has 0 bridgehead atoms. The number of guanidine groups is 1. The van der Waals surface area contributed by atoms with E-state index in [1.165, 1.54) is 12.1 Å². The molecule has 1 atom stereocenters. The minimum atomic E-state index is -2.29. The predicted molar refractivity (Wildman–Crippen MR) is 101 cm³/mol. The summed E-state index contributed by atoms with van der Waals surface area (Å²) < 4.78 is 43.5.